The van der Waals surface area contributed by atoms with Crippen molar-refractivity contribution >= 4 is 51.7 Å². The second-order valence-electron chi connectivity index (χ2n) is 9.40. The molecule has 10 nitrogen and oxygen atoms in total. The van der Waals surface area contributed by atoms with E-state index in [1.165, 1.54) is 20.3 Å². The van der Waals surface area contributed by atoms with E-state index in [0.29, 0.717) is 82.9 Å². The van der Waals surface area contributed by atoms with Crippen molar-refractivity contribution in [3.8, 4) is 22.8 Å². The smallest absolute Gasteiger partial charge is 0.223 e. The maximum Gasteiger partial charge on any atom is 0.223 e. The van der Waals surface area contributed by atoms with Gasteiger partial charge in [0.1, 0.15) is 17.0 Å². The minimum Gasteiger partial charge on any atom is -0.495 e. The van der Waals surface area contributed by atoms with Gasteiger partial charge in [-0.2, -0.15) is 0 Å². The van der Waals surface area contributed by atoms with E-state index >= 15 is 0 Å². The van der Waals surface area contributed by atoms with Crippen molar-refractivity contribution in [2.45, 2.75) is 24.9 Å². The largest absolute Gasteiger partial charge is 0.495 e. The van der Waals surface area contributed by atoms with E-state index in [1.54, 1.807) is 12.3 Å². The summed E-state index contributed by atoms with van der Waals surface area (Å²) in [6.07, 6.45) is 4.23. The molecule has 0 aliphatic carbocycles. The van der Waals surface area contributed by atoms with E-state index in [2.05, 4.69) is 22.2 Å². The molecule has 1 unspecified atom stereocenters. The predicted octanol–water partition coefficient (Wildman–Crippen LogP) is 4.79. The van der Waals surface area contributed by atoms with Crippen LogP contribution in [0, 0.1) is 5.92 Å². The molecule has 2 aliphatic heterocycles. The van der Waals surface area contributed by atoms with Gasteiger partial charge in [-0.25, -0.2) is 15.0 Å². The van der Waals surface area contributed by atoms with Crippen molar-refractivity contribution in [1.82, 2.24) is 15.0 Å². The fourth-order valence-corrected chi connectivity index (χ4v) is 5.45. The van der Waals surface area contributed by atoms with E-state index in [-0.39, 0.29) is 23.8 Å². The van der Waals surface area contributed by atoms with Gasteiger partial charge in [-0.15, -0.1) is 0 Å². The van der Waals surface area contributed by atoms with Crippen LogP contribution in [0.25, 0.3) is 22.2 Å². The van der Waals surface area contributed by atoms with Crippen molar-refractivity contribution in [3.63, 3.8) is 0 Å². The molecular formula is C27H29Cl2N5O5. The molecule has 3 atom stereocenters. The van der Waals surface area contributed by atoms with E-state index < -0.39 is 0 Å². The van der Waals surface area contributed by atoms with Crippen LogP contribution in [0.15, 0.2) is 31.0 Å². The first-order chi connectivity index (χ1) is 18.9. The molecule has 0 amide bonds. The van der Waals surface area contributed by atoms with Crippen LogP contribution in [0.2, 0.25) is 10.0 Å². The zero-order valence-corrected chi connectivity index (χ0v) is 23.1. The zero-order valence-electron chi connectivity index (χ0n) is 21.6. The van der Waals surface area contributed by atoms with Gasteiger partial charge >= 0.3 is 0 Å². The Morgan fingerprint density at radius 3 is 2.54 bits per heavy atom. The number of fused-ring (bicyclic) bond motifs is 1. The Balaban J connectivity index is 1.56. The van der Waals surface area contributed by atoms with Crippen LogP contribution >= 0.6 is 23.2 Å². The molecule has 0 saturated carbocycles. The molecule has 2 aromatic heterocycles. The van der Waals surface area contributed by atoms with Crippen LogP contribution in [0.5, 0.6) is 11.5 Å². The third kappa shape index (κ3) is 5.74. The number of nitrogens with zero attached hydrogens (tertiary/aromatic N) is 3. The second kappa shape index (κ2) is 11.9. The predicted molar refractivity (Wildman–Crippen MR) is 150 cm³/mol. The number of ether oxygens (including phenoxy) is 4. The first-order valence-corrected chi connectivity index (χ1v) is 13.3. The lowest BCUT2D eigenvalue weighted by molar-refractivity contribution is -0.115. The van der Waals surface area contributed by atoms with Gasteiger partial charge in [-0.1, -0.05) is 29.8 Å². The molecule has 0 bridgehead atoms. The Bertz CT molecular complexity index is 1370. The highest BCUT2D eigenvalue weighted by Gasteiger charge is 2.30. The number of anilines is 2. The molecule has 2 fully saturated rings. The summed E-state index contributed by atoms with van der Waals surface area (Å²) in [5, 5.41) is 8.15. The average molecular weight is 574 g/mol. The molecule has 12 heteroatoms. The van der Waals surface area contributed by atoms with Gasteiger partial charge in [-0.3, -0.25) is 4.79 Å². The lowest BCUT2D eigenvalue weighted by atomic mass is 9.97. The third-order valence-electron chi connectivity index (χ3n) is 6.87. The van der Waals surface area contributed by atoms with Gasteiger partial charge in [-0.05, 0) is 18.6 Å². The van der Waals surface area contributed by atoms with Crippen molar-refractivity contribution in [2.75, 3.05) is 51.3 Å². The highest BCUT2D eigenvalue weighted by molar-refractivity contribution is 6.41. The molecule has 2 aliphatic rings. The summed E-state index contributed by atoms with van der Waals surface area (Å²) in [5.41, 5.74) is 1.60. The number of hydrogen-bond acceptors (Lipinski definition) is 10. The van der Waals surface area contributed by atoms with Gasteiger partial charge in [0, 0.05) is 42.2 Å². The number of aromatic nitrogens is 3. The summed E-state index contributed by atoms with van der Waals surface area (Å²) in [7, 11) is 3.05. The maximum absolute atomic E-state index is 11.9. The Kier molecular flexibility index (Phi) is 8.37. The van der Waals surface area contributed by atoms with Gasteiger partial charge in [0.2, 0.25) is 5.95 Å². The Labute approximate surface area is 236 Å². The number of halogens is 2. The maximum atomic E-state index is 11.9. The standard InChI is InChI=1S/C27H29Cl2N5O5/c1-4-17(35)7-15-11-39-13-19(15)33-27-30-10-14-8-18(22-23(28)20(36-2)9-21(37-3)24(22)29)32-26(25(14)34-27)31-16-5-6-38-12-16/h4,8-10,15-16,19H,1,5-7,11-13H2,2-3H3,(H,31,32)(H,30,33,34)/t15-,16?,19+/m0/s1. The van der Waals surface area contributed by atoms with Crippen LogP contribution < -0.4 is 20.1 Å². The molecule has 3 aromatic rings. The SMILES string of the molecule is C=CC(=O)C[C@H]1COC[C@H]1Nc1ncc2cc(-c3c(Cl)c(OC)cc(OC)c3Cl)nc(NC3CCOC3)c2n1. The molecule has 2 saturated heterocycles. The summed E-state index contributed by atoms with van der Waals surface area (Å²) in [4.78, 5) is 26.2. The van der Waals surface area contributed by atoms with E-state index in [1.807, 2.05) is 6.07 Å². The van der Waals surface area contributed by atoms with Crippen molar-refractivity contribution in [1.29, 1.82) is 0 Å². The lowest BCUT2D eigenvalue weighted by Gasteiger charge is -2.20. The first kappa shape index (κ1) is 27.4. The summed E-state index contributed by atoms with van der Waals surface area (Å²) < 4.78 is 22.1. The van der Waals surface area contributed by atoms with Crippen molar-refractivity contribution in [2.24, 2.45) is 5.92 Å². The van der Waals surface area contributed by atoms with E-state index in [0.717, 1.165) is 11.8 Å². The number of carbonyl (C=O) groups is 1. The number of allylic oxidation sites excluding steroid dienone is 1. The number of nitrogens with one attached hydrogen (secondary N) is 2. The molecule has 39 heavy (non-hydrogen) atoms. The lowest BCUT2D eigenvalue weighted by Crippen LogP contribution is -2.30. The number of methoxy groups -OCH3 is 2. The van der Waals surface area contributed by atoms with E-state index in [4.69, 9.17) is 52.1 Å². The average Bonchev–Trinajstić information content (AvgIpc) is 3.61. The van der Waals surface area contributed by atoms with Crippen LogP contribution in [0.3, 0.4) is 0 Å². The minimum absolute atomic E-state index is 0.00384. The normalized spacial score (nSPS) is 20.7. The molecule has 1 aromatic carbocycles. The summed E-state index contributed by atoms with van der Waals surface area (Å²) in [6.45, 7) is 5.71. The molecule has 0 spiro atoms. The third-order valence-corrected chi connectivity index (χ3v) is 7.62. The molecule has 0 radical (unpaired) electrons. The van der Waals surface area contributed by atoms with Crippen molar-refractivity contribution < 1.29 is 23.7 Å². The fraction of sp³-hybridized carbons (Fsp3) is 0.407. The molecule has 206 valence electrons. The number of pyridine rings is 1. The number of rotatable bonds is 10. The quantitative estimate of drug-likeness (QED) is 0.328. The van der Waals surface area contributed by atoms with Crippen molar-refractivity contribution in [3.05, 3.63) is 41.0 Å². The molecular weight excluding hydrogens is 545 g/mol. The van der Waals surface area contributed by atoms with Crippen LogP contribution in [0.4, 0.5) is 11.8 Å². The molecule has 2 N–H and O–H groups in total. The highest BCUT2D eigenvalue weighted by atomic mass is 35.5. The highest BCUT2D eigenvalue weighted by Crippen LogP contribution is 2.46. The van der Waals surface area contributed by atoms with Gasteiger partial charge < -0.3 is 29.6 Å². The Morgan fingerprint density at radius 1 is 1.10 bits per heavy atom. The number of benzene rings is 1. The van der Waals surface area contributed by atoms with E-state index in [9.17, 15) is 4.79 Å². The molecule has 4 heterocycles. The number of carbonyl (C=O) groups excluding carboxylic acids is 1. The second-order valence-corrected chi connectivity index (χ2v) is 10.2. The summed E-state index contributed by atoms with van der Waals surface area (Å²) in [5.74, 6) is 1.74. The van der Waals surface area contributed by atoms with Crippen LogP contribution in [-0.4, -0.2) is 73.5 Å². The van der Waals surface area contributed by atoms with Gasteiger partial charge in [0.05, 0.1) is 61.9 Å². The Hall–Kier alpha value is -3.18. The number of ketones is 1. The van der Waals surface area contributed by atoms with Gasteiger partial charge in [0.25, 0.3) is 0 Å². The van der Waals surface area contributed by atoms with Crippen LogP contribution in [0.1, 0.15) is 12.8 Å². The zero-order chi connectivity index (χ0) is 27.5. The number of hydrogen-bond donors (Lipinski definition) is 2. The summed E-state index contributed by atoms with van der Waals surface area (Å²) >= 11 is 13.4. The summed E-state index contributed by atoms with van der Waals surface area (Å²) in [6, 6.07) is 3.41. The fourth-order valence-electron chi connectivity index (χ4n) is 4.76. The minimum atomic E-state index is -0.111. The van der Waals surface area contributed by atoms with Gasteiger partial charge in [0.15, 0.2) is 11.6 Å². The monoisotopic (exact) mass is 573 g/mol. The topological polar surface area (TPSA) is 117 Å². The molecule has 5 rings (SSSR count). The van der Waals surface area contributed by atoms with Crippen LogP contribution in [-0.2, 0) is 14.3 Å². The first-order valence-electron chi connectivity index (χ1n) is 12.5. The Morgan fingerprint density at radius 2 is 1.87 bits per heavy atom.